The summed E-state index contributed by atoms with van der Waals surface area (Å²) in [5.41, 5.74) is 1.71. The van der Waals surface area contributed by atoms with E-state index in [2.05, 4.69) is 10.3 Å². The van der Waals surface area contributed by atoms with Crippen molar-refractivity contribution in [1.29, 1.82) is 0 Å². The largest absolute Gasteiger partial charge is 0.495 e. The van der Waals surface area contributed by atoms with Gasteiger partial charge in [-0.05, 0) is 55.8 Å². The van der Waals surface area contributed by atoms with Gasteiger partial charge in [0.15, 0.2) is 0 Å². The first-order valence-corrected chi connectivity index (χ1v) is 12.0. The predicted molar refractivity (Wildman–Crippen MR) is 129 cm³/mol. The number of aromatic nitrogens is 1. The number of anilines is 2. The molecule has 0 aliphatic rings. The minimum atomic E-state index is -4.35. The van der Waals surface area contributed by atoms with Crippen LogP contribution in [-0.4, -0.2) is 46.4 Å². The summed E-state index contributed by atoms with van der Waals surface area (Å²) < 4.78 is 43.9. The number of hydrogen-bond donors (Lipinski definition) is 1. The van der Waals surface area contributed by atoms with Gasteiger partial charge in [0.25, 0.3) is 10.0 Å². The van der Waals surface area contributed by atoms with E-state index in [1.165, 1.54) is 25.3 Å². The average Bonchev–Trinajstić information content (AvgIpc) is 2.82. The minimum absolute atomic E-state index is 0.00657. The van der Waals surface area contributed by atoms with Crippen LogP contribution in [0.1, 0.15) is 12.5 Å². The highest BCUT2D eigenvalue weighted by molar-refractivity contribution is 7.93. The van der Waals surface area contributed by atoms with Crippen LogP contribution in [0.2, 0.25) is 0 Å². The summed E-state index contributed by atoms with van der Waals surface area (Å²) >= 11 is 0. The molecule has 1 aromatic heterocycles. The van der Waals surface area contributed by atoms with Gasteiger partial charge in [0.1, 0.15) is 23.0 Å². The van der Waals surface area contributed by atoms with Crippen LogP contribution in [0.3, 0.4) is 0 Å². The number of carbonyl (C=O) groups excluding carboxylic acids is 1. The second-order valence-corrected chi connectivity index (χ2v) is 8.89. The molecule has 0 bridgehead atoms. The van der Waals surface area contributed by atoms with E-state index in [9.17, 15) is 13.2 Å². The number of pyridine rings is 1. The van der Waals surface area contributed by atoms with E-state index in [0.717, 1.165) is 5.69 Å². The molecule has 0 radical (unpaired) electrons. The molecule has 180 valence electrons. The molecule has 0 atom stereocenters. The SMILES string of the molecule is CCOC(=O)N(c1cc(C)cc(OCCNc2ccncc2)c1)S(=O)(=O)c1ccccc1OC. The topological polar surface area (TPSA) is 107 Å². The second-order valence-electron chi connectivity index (χ2n) is 7.13. The zero-order valence-corrected chi connectivity index (χ0v) is 20.0. The lowest BCUT2D eigenvalue weighted by Gasteiger charge is -2.23. The zero-order chi connectivity index (χ0) is 24.6. The Kier molecular flexibility index (Phi) is 8.31. The predicted octanol–water partition coefficient (Wildman–Crippen LogP) is 4.24. The average molecular weight is 486 g/mol. The fraction of sp³-hybridized carbons (Fsp3) is 0.250. The van der Waals surface area contributed by atoms with Gasteiger partial charge in [-0.15, -0.1) is 0 Å². The van der Waals surface area contributed by atoms with Crippen LogP contribution in [-0.2, 0) is 14.8 Å². The molecule has 0 aliphatic carbocycles. The summed E-state index contributed by atoms with van der Waals surface area (Å²) in [5.74, 6) is 0.527. The monoisotopic (exact) mass is 485 g/mol. The quantitative estimate of drug-likeness (QED) is 0.425. The molecule has 3 aromatic rings. The molecule has 0 spiro atoms. The van der Waals surface area contributed by atoms with Gasteiger partial charge in [-0.25, -0.2) is 13.2 Å². The Balaban J connectivity index is 1.89. The fourth-order valence-corrected chi connectivity index (χ4v) is 4.70. The Morgan fingerprint density at radius 3 is 2.53 bits per heavy atom. The highest BCUT2D eigenvalue weighted by Crippen LogP contribution is 2.33. The Labute approximate surface area is 199 Å². The number of nitrogens with one attached hydrogen (secondary N) is 1. The van der Waals surface area contributed by atoms with E-state index in [4.69, 9.17) is 14.2 Å². The molecule has 34 heavy (non-hydrogen) atoms. The number of carbonyl (C=O) groups is 1. The maximum Gasteiger partial charge on any atom is 0.428 e. The van der Waals surface area contributed by atoms with Crippen molar-refractivity contribution < 1.29 is 27.4 Å². The van der Waals surface area contributed by atoms with E-state index in [-0.39, 0.29) is 22.9 Å². The highest BCUT2D eigenvalue weighted by Gasteiger charge is 2.35. The molecule has 0 saturated carbocycles. The van der Waals surface area contributed by atoms with Gasteiger partial charge in [0, 0.05) is 30.7 Å². The van der Waals surface area contributed by atoms with E-state index < -0.39 is 16.1 Å². The third-order valence-corrected chi connectivity index (χ3v) is 6.41. The van der Waals surface area contributed by atoms with Gasteiger partial charge < -0.3 is 19.5 Å². The fourth-order valence-electron chi connectivity index (χ4n) is 3.22. The van der Waals surface area contributed by atoms with Crippen LogP contribution in [0, 0.1) is 6.92 Å². The lowest BCUT2D eigenvalue weighted by Crippen LogP contribution is -2.37. The minimum Gasteiger partial charge on any atom is -0.495 e. The highest BCUT2D eigenvalue weighted by atomic mass is 32.2. The number of nitrogens with zero attached hydrogens (tertiary/aromatic N) is 2. The van der Waals surface area contributed by atoms with E-state index in [1.807, 2.05) is 12.1 Å². The molecular formula is C24H27N3O6S. The van der Waals surface area contributed by atoms with Gasteiger partial charge >= 0.3 is 6.09 Å². The first-order chi connectivity index (χ1) is 16.4. The molecule has 3 rings (SSSR count). The summed E-state index contributed by atoms with van der Waals surface area (Å²) in [7, 11) is -2.99. The third-order valence-electron chi connectivity index (χ3n) is 4.67. The lowest BCUT2D eigenvalue weighted by atomic mass is 10.2. The normalized spacial score (nSPS) is 10.9. The van der Waals surface area contributed by atoms with Crippen LogP contribution in [0.5, 0.6) is 11.5 Å². The molecular weight excluding hydrogens is 458 g/mol. The number of ether oxygens (including phenoxy) is 3. The molecule has 9 nitrogen and oxygen atoms in total. The first-order valence-electron chi connectivity index (χ1n) is 10.6. The van der Waals surface area contributed by atoms with Crippen molar-refractivity contribution in [3.8, 4) is 11.5 Å². The maximum absolute atomic E-state index is 13.6. The molecule has 10 heteroatoms. The van der Waals surface area contributed by atoms with Crippen molar-refractivity contribution in [2.24, 2.45) is 0 Å². The number of benzene rings is 2. The van der Waals surface area contributed by atoms with E-state index >= 15 is 0 Å². The van der Waals surface area contributed by atoms with Crippen molar-refractivity contribution >= 4 is 27.5 Å². The number of hydrogen-bond acceptors (Lipinski definition) is 8. The number of aryl methyl sites for hydroxylation is 1. The van der Waals surface area contributed by atoms with Crippen molar-refractivity contribution in [1.82, 2.24) is 4.98 Å². The Morgan fingerprint density at radius 1 is 1.09 bits per heavy atom. The Bertz CT molecular complexity index is 1220. The van der Waals surface area contributed by atoms with E-state index in [0.29, 0.717) is 28.8 Å². The molecule has 1 amide bonds. The van der Waals surface area contributed by atoms with Gasteiger partial charge in [-0.3, -0.25) is 4.98 Å². The van der Waals surface area contributed by atoms with Gasteiger partial charge in [0.2, 0.25) is 0 Å². The number of rotatable bonds is 10. The molecule has 0 aliphatic heterocycles. The van der Waals surface area contributed by atoms with Crippen LogP contribution < -0.4 is 19.1 Å². The molecule has 0 fully saturated rings. The van der Waals surface area contributed by atoms with Gasteiger partial charge in [-0.2, -0.15) is 4.31 Å². The molecule has 0 saturated heterocycles. The molecule has 1 N–H and O–H groups in total. The second kappa shape index (κ2) is 11.4. The van der Waals surface area contributed by atoms with Gasteiger partial charge in [0.05, 0.1) is 19.4 Å². The Morgan fingerprint density at radius 2 is 1.82 bits per heavy atom. The summed E-state index contributed by atoms with van der Waals surface area (Å²) in [5, 5.41) is 3.20. The first kappa shape index (κ1) is 24.8. The lowest BCUT2D eigenvalue weighted by molar-refractivity contribution is 0.164. The van der Waals surface area contributed by atoms with Crippen molar-refractivity contribution in [3.63, 3.8) is 0 Å². The van der Waals surface area contributed by atoms with Crippen LogP contribution in [0.25, 0.3) is 0 Å². The maximum atomic E-state index is 13.6. The van der Waals surface area contributed by atoms with E-state index in [1.54, 1.807) is 50.5 Å². The Hall–Kier alpha value is -3.79. The standard InChI is InChI=1S/C24H27N3O6S/c1-4-32-24(28)27(34(29,30)23-8-6-5-7-22(23)31-3)20-15-18(2)16-21(17-20)33-14-13-26-19-9-11-25-12-10-19/h5-12,15-17H,4,13-14H2,1-3H3,(H,25,26). The number of sulfonamides is 1. The van der Waals surface area contributed by atoms with Crippen molar-refractivity contribution in [3.05, 3.63) is 72.6 Å². The number of methoxy groups -OCH3 is 1. The number of amides is 1. The summed E-state index contributed by atoms with van der Waals surface area (Å²) in [6.07, 6.45) is 2.34. The number of para-hydroxylation sites is 1. The summed E-state index contributed by atoms with van der Waals surface area (Å²) in [6, 6.07) is 14.6. The summed E-state index contributed by atoms with van der Waals surface area (Å²) in [6.45, 7) is 4.21. The van der Waals surface area contributed by atoms with Gasteiger partial charge in [-0.1, -0.05) is 12.1 Å². The molecule has 1 heterocycles. The van der Waals surface area contributed by atoms with Crippen LogP contribution in [0.4, 0.5) is 16.2 Å². The smallest absolute Gasteiger partial charge is 0.428 e. The van der Waals surface area contributed by atoms with Crippen molar-refractivity contribution in [2.45, 2.75) is 18.7 Å². The van der Waals surface area contributed by atoms with Crippen LogP contribution in [0.15, 0.2) is 71.9 Å². The summed E-state index contributed by atoms with van der Waals surface area (Å²) in [4.78, 5) is 16.6. The molecule has 2 aromatic carbocycles. The zero-order valence-electron chi connectivity index (χ0n) is 19.2. The molecule has 0 unspecified atom stereocenters. The third kappa shape index (κ3) is 5.96. The van der Waals surface area contributed by atoms with Crippen LogP contribution >= 0.6 is 0 Å². The van der Waals surface area contributed by atoms with Crippen molar-refractivity contribution in [2.75, 3.05) is 36.5 Å².